The summed E-state index contributed by atoms with van der Waals surface area (Å²) in [5.41, 5.74) is 0. The molecule has 0 bridgehead atoms. The monoisotopic (exact) mass is 830 g/mol. The van der Waals surface area contributed by atoms with E-state index in [2.05, 4.69) is 43.5 Å². The molecule has 59 heavy (non-hydrogen) atoms. The molecule has 6 heteroatoms. The molecule has 0 heterocycles. The minimum absolute atomic E-state index is 0.0423. The van der Waals surface area contributed by atoms with Crippen molar-refractivity contribution in [2.24, 2.45) is 0 Å². The predicted molar refractivity (Wildman–Crippen MR) is 255 cm³/mol. The van der Waals surface area contributed by atoms with Gasteiger partial charge in [0.2, 0.25) is 5.91 Å². The van der Waals surface area contributed by atoms with Crippen LogP contribution in [0.25, 0.3) is 0 Å². The van der Waals surface area contributed by atoms with Crippen molar-refractivity contribution in [3.8, 4) is 0 Å². The molecule has 2 unspecified atom stereocenters. The van der Waals surface area contributed by atoms with E-state index in [0.717, 1.165) is 77.0 Å². The highest BCUT2D eigenvalue weighted by molar-refractivity contribution is 5.76. The second-order valence-electron chi connectivity index (χ2n) is 17.5. The molecule has 6 nitrogen and oxygen atoms in total. The Balaban J connectivity index is 3.56. The van der Waals surface area contributed by atoms with E-state index >= 15 is 0 Å². The van der Waals surface area contributed by atoms with Crippen LogP contribution in [0.3, 0.4) is 0 Å². The maximum atomic E-state index is 12.4. The molecule has 0 aromatic rings. The molecule has 0 aliphatic carbocycles. The van der Waals surface area contributed by atoms with Crippen molar-refractivity contribution in [3.63, 3.8) is 0 Å². The maximum absolute atomic E-state index is 12.4. The van der Waals surface area contributed by atoms with E-state index < -0.39 is 12.1 Å². The number of carbonyl (C=O) groups excluding carboxylic acids is 2. The number of aliphatic hydroxyl groups excluding tert-OH is 2. The smallest absolute Gasteiger partial charge is 0.305 e. The lowest BCUT2D eigenvalue weighted by atomic mass is 10.0. The van der Waals surface area contributed by atoms with Crippen LogP contribution >= 0.6 is 0 Å². The van der Waals surface area contributed by atoms with Gasteiger partial charge in [-0.15, -0.1) is 0 Å². The van der Waals surface area contributed by atoms with Gasteiger partial charge in [0.25, 0.3) is 0 Å². The number of unbranched alkanes of at least 4 members (excludes halogenated alkanes) is 32. The zero-order chi connectivity index (χ0) is 43.0. The summed E-state index contributed by atoms with van der Waals surface area (Å²) in [4.78, 5) is 24.5. The average molecular weight is 830 g/mol. The second-order valence-corrected chi connectivity index (χ2v) is 17.5. The van der Waals surface area contributed by atoms with Crippen molar-refractivity contribution in [1.82, 2.24) is 5.32 Å². The number of hydrogen-bond acceptors (Lipinski definition) is 5. The SMILES string of the molecule is CCCCCCCC/C=C\CCCCCCCCCC(=O)OCCCC/C=C\CCCCCCC(=O)NC(CO)C(O)/C=C/CCCCCCCCCCCCCCC. The highest BCUT2D eigenvalue weighted by atomic mass is 16.5. The van der Waals surface area contributed by atoms with Gasteiger partial charge in [-0.3, -0.25) is 9.59 Å². The number of ether oxygens (including phenoxy) is 1. The molecule has 0 saturated heterocycles. The summed E-state index contributed by atoms with van der Waals surface area (Å²) in [6, 6.07) is -0.653. The average Bonchev–Trinajstić information content (AvgIpc) is 3.24. The molecule has 0 spiro atoms. The lowest BCUT2D eigenvalue weighted by Gasteiger charge is -2.20. The second kappa shape index (κ2) is 48.7. The number of hydrogen-bond donors (Lipinski definition) is 3. The predicted octanol–water partition coefficient (Wildman–Crippen LogP) is 15.3. The van der Waals surface area contributed by atoms with Gasteiger partial charge in [-0.1, -0.05) is 204 Å². The van der Waals surface area contributed by atoms with E-state index in [1.807, 2.05) is 6.08 Å². The van der Waals surface area contributed by atoms with Gasteiger partial charge in [0.15, 0.2) is 0 Å². The minimum atomic E-state index is -0.866. The summed E-state index contributed by atoms with van der Waals surface area (Å²) in [6.07, 6.45) is 58.6. The fraction of sp³-hybridized carbons (Fsp3) is 0.849. The zero-order valence-electron chi connectivity index (χ0n) is 39.2. The molecule has 0 radical (unpaired) electrons. The van der Waals surface area contributed by atoms with Gasteiger partial charge < -0.3 is 20.3 Å². The summed E-state index contributed by atoms with van der Waals surface area (Å²) in [5, 5.41) is 23.0. The fourth-order valence-electron chi connectivity index (χ4n) is 7.62. The van der Waals surface area contributed by atoms with E-state index in [4.69, 9.17) is 4.74 Å². The number of nitrogens with one attached hydrogen (secondary N) is 1. The molecule has 0 aliphatic rings. The Labute approximate surface area is 366 Å². The quantitative estimate of drug-likeness (QED) is 0.0323. The van der Waals surface area contributed by atoms with Crippen LogP contribution in [0.4, 0.5) is 0 Å². The molecule has 0 aromatic heterocycles. The van der Waals surface area contributed by atoms with Crippen LogP contribution < -0.4 is 5.32 Å². The fourth-order valence-corrected chi connectivity index (χ4v) is 7.62. The molecule has 0 aliphatic heterocycles. The Morgan fingerprint density at radius 1 is 0.458 bits per heavy atom. The van der Waals surface area contributed by atoms with E-state index in [1.54, 1.807) is 6.08 Å². The Bertz CT molecular complexity index is 962. The molecule has 0 saturated carbocycles. The van der Waals surface area contributed by atoms with Gasteiger partial charge >= 0.3 is 5.97 Å². The van der Waals surface area contributed by atoms with Crippen molar-refractivity contribution in [1.29, 1.82) is 0 Å². The molecule has 0 fully saturated rings. The zero-order valence-corrected chi connectivity index (χ0v) is 39.2. The summed E-state index contributed by atoms with van der Waals surface area (Å²) in [7, 11) is 0. The van der Waals surface area contributed by atoms with Gasteiger partial charge in [0, 0.05) is 12.8 Å². The van der Waals surface area contributed by atoms with Crippen LogP contribution in [0.15, 0.2) is 36.5 Å². The Kier molecular flexibility index (Phi) is 47.2. The van der Waals surface area contributed by atoms with Gasteiger partial charge in [-0.2, -0.15) is 0 Å². The third-order valence-corrected chi connectivity index (χ3v) is 11.6. The maximum Gasteiger partial charge on any atom is 0.305 e. The van der Waals surface area contributed by atoms with E-state index in [9.17, 15) is 19.8 Å². The first-order chi connectivity index (χ1) is 29.0. The third kappa shape index (κ3) is 45.4. The molecule has 0 rings (SSSR count). The first-order valence-electron chi connectivity index (χ1n) is 25.8. The summed E-state index contributed by atoms with van der Waals surface area (Å²) < 4.78 is 5.44. The minimum Gasteiger partial charge on any atom is -0.466 e. The number of esters is 1. The molecule has 0 aromatic carbocycles. The van der Waals surface area contributed by atoms with Crippen LogP contribution in [0.2, 0.25) is 0 Å². The first-order valence-corrected chi connectivity index (χ1v) is 25.8. The van der Waals surface area contributed by atoms with E-state index in [1.165, 1.54) is 161 Å². The topological polar surface area (TPSA) is 95.9 Å². The highest BCUT2D eigenvalue weighted by Gasteiger charge is 2.18. The van der Waals surface area contributed by atoms with Crippen LogP contribution in [-0.2, 0) is 14.3 Å². The standard InChI is InChI=1S/C53H99NO5/c1-3-5-7-9-11-13-15-17-19-20-22-24-26-31-35-39-43-47-53(58)59-48-44-40-36-32-28-27-30-34-38-42-46-52(57)54-50(49-55)51(56)45-41-37-33-29-25-23-21-18-16-14-12-10-8-6-4-2/h17,19,28,32,41,45,50-51,55-56H,3-16,18,20-27,29-31,33-40,42-44,46-49H2,1-2H3,(H,54,57)/b19-17-,32-28-,45-41+. The first kappa shape index (κ1) is 57.1. The lowest BCUT2D eigenvalue weighted by molar-refractivity contribution is -0.143. The number of amides is 1. The Hall–Kier alpha value is -1.92. The summed E-state index contributed by atoms with van der Waals surface area (Å²) in [6.45, 7) is 4.80. The largest absolute Gasteiger partial charge is 0.466 e. The highest BCUT2D eigenvalue weighted by Crippen LogP contribution is 2.15. The van der Waals surface area contributed by atoms with Crippen molar-refractivity contribution < 1.29 is 24.5 Å². The van der Waals surface area contributed by atoms with Crippen molar-refractivity contribution >= 4 is 11.9 Å². The number of carbonyl (C=O) groups is 2. The Morgan fingerprint density at radius 3 is 1.20 bits per heavy atom. The van der Waals surface area contributed by atoms with Gasteiger partial charge in [-0.05, 0) is 83.5 Å². The van der Waals surface area contributed by atoms with Crippen LogP contribution in [0.5, 0.6) is 0 Å². The van der Waals surface area contributed by atoms with Crippen molar-refractivity contribution in [2.45, 2.75) is 276 Å². The van der Waals surface area contributed by atoms with E-state index in [-0.39, 0.29) is 18.5 Å². The molecular formula is C53H99NO5. The number of aliphatic hydroxyl groups is 2. The van der Waals surface area contributed by atoms with Crippen LogP contribution in [-0.4, -0.2) is 47.4 Å². The van der Waals surface area contributed by atoms with Crippen molar-refractivity contribution in [3.05, 3.63) is 36.5 Å². The molecule has 2 atom stereocenters. The molecule has 3 N–H and O–H groups in total. The molecular weight excluding hydrogens is 731 g/mol. The van der Waals surface area contributed by atoms with Crippen molar-refractivity contribution in [2.75, 3.05) is 13.2 Å². The summed E-state index contributed by atoms with van der Waals surface area (Å²) >= 11 is 0. The van der Waals surface area contributed by atoms with Gasteiger partial charge in [-0.25, -0.2) is 0 Å². The van der Waals surface area contributed by atoms with Crippen LogP contribution in [0.1, 0.15) is 264 Å². The number of allylic oxidation sites excluding steroid dienone is 5. The van der Waals surface area contributed by atoms with Crippen LogP contribution in [0, 0.1) is 0 Å². The van der Waals surface area contributed by atoms with Gasteiger partial charge in [0.05, 0.1) is 25.4 Å². The Morgan fingerprint density at radius 2 is 0.797 bits per heavy atom. The summed E-state index contributed by atoms with van der Waals surface area (Å²) in [5.74, 6) is -0.147. The lowest BCUT2D eigenvalue weighted by Crippen LogP contribution is -2.45. The molecule has 346 valence electrons. The molecule has 1 amide bonds. The normalized spacial score (nSPS) is 12.9. The van der Waals surface area contributed by atoms with E-state index in [0.29, 0.717) is 19.4 Å². The van der Waals surface area contributed by atoms with Gasteiger partial charge in [0.1, 0.15) is 0 Å². The third-order valence-electron chi connectivity index (χ3n) is 11.6. The number of rotatable bonds is 47.